The van der Waals surface area contributed by atoms with Crippen LogP contribution in [0.2, 0.25) is 0 Å². The van der Waals surface area contributed by atoms with Gasteiger partial charge >= 0.3 is 6.09 Å². The molecule has 20 heavy (non-hydrogen) atoms. The first-order valence-corrected chi connectivity index (χ1v) is 7.94. The zero-order valence-electron chi connectivity index (χ0n) is 12.6. The number of carbonyl (C=O) groups excluding carboxylic acids is 1. The lowest BCUT2D eigenvalue weighted by Gasteiger charge is -2.42. The second kappa shape index (κ2) is 5.74. The molecule has 2 heterocycles. The fourth-order valence-electron chi connectivity index (χ4n) is 2.65. The van der Waals surface area contributed by atoms with E-state index in [4.69, 9.17) is 10.5 Å². The molecule has 4 nitrogen and oxygen atoms in total. The van der Waals surface area contributed by atoms with Gasteiger partial charge in [-0.3, -0.25) is 0 Å². The highest BCUT2D eigenvalue weighted by Crippen LogP contribution is 2.35. The maximum atomic E-state index is 12.3. The standard InChI is InChI=1S/C15H24N2O2S/c1-10-12(13-6-5-7-20-13)8-11(16)9-17(10)14(18)19-15(2,3)4/h5-7,10-12H,8-9,16H2,1-4H3. The van der Waals surface area contributed by atoms with Crippen molar-refractivity contribution in [1.29, 1.82) is 0 Å². The third-order valence-electron chi connectivity index (χ3n) is 3.60. The number of hydrogen-bond donors (Lipinski definition) is 1. The van der Waals surface area contributed by atoms with Crippen molar-refractivity contribution >= 4 is 17.4 Å². The molecule has 0 bridgehead atoms. The molecule has 1 aliphatic rings. The molecular formula is C15H24N2O2S. The summed E-state index contributed by atoms with van der Waals surface area (Å²) in [5, 5.41) is 2.07. The Balaban J connectivity index is 2.15. The number of thiophene rings is 1. The van der Waals surface area contributed by atoms with Crippen molar-refractivity contribution in [3.05, 3.63) is 22.4 Å². The number of rotatable bonds is 1. The van der Waals surface area contributed by atoms with Crippen LogP contribution in [0.1, 0.15) is 44.9 Å². The van der Waals surface area contributed by atoms with Crippen LogP contribution >= 0.6 is 11.3 Å². The minimum atomic E-state index is -0.475. The zero-order valence-corrected chi connectivity index (χ0v) is 13.4. The molecule has 5 heteroatoms. The second-order valence-corrected chi connectivity index (χ2v) is 7.47. The van der Waals surface area contributed by atoms with E-state index in [1.54, 1.807) is 16.2 Å². The Hall–Kier alpha value is -1.07. The van der Waals surface area contributed by atoms with E-state index in [0.29, 0.717) is 12.5 Å². The Morgan fingerprint density at radius 2 is 2.20 bits per heavy atom. The van der Waals surface area contributed by atoms with Crippen LogP contribution in [-0.2, 0) is 4.74 Å². The summed E-state index contributed by atoms with van der Waals surface area (Å²) in [6.07, 6.45) is 0.655. The molecule has 0 saturated carbocycles. The van der Waals surface area contributed by atoms with E-state index in [1.165, 1.54) is 4.88 Å². The van der Waals surface area contributed by atoms with Gasteiger partial charge in [-0.1, -0.05) is 6.07 Å². The molecule has 0 aromatic carbocycles. The summed E-state index contributed by atoms with van der Waals surface area (Å²) < 4.78 is 5.50. The lowest BCUT2D eigenvalue weighted by Crippen LogP contribution is -2.54. The summed E-state index contributed by atoms with van der Waals surface area (Å²) in [5.41, 5.74) is 5.67. The van der Waals surface area contributed by atoms with E-state index in [-0.39, 0.29) is 18.2 Å². The van der Waals surface area contributed by atoms with E-state index in [9.17, 15) is 4.79 Å². The number of likely N-dealkylation sites (tertiary alicyclic amines) is 1. The Bertz CT molecular complexity index is 453. The summed E-state index contributed by atoms with van der Waals surface area (Å²) in [7, 11) is 0. The minimum Gasteiger partial charge on any atom is -0.444 e. The van der Waals surface area contributed by atoms with Gasteiger partial charge < -0.3 is 15.4 Å². The van der Waals surface area contributed by atoms with Gasteiger partial charge in [-0.15, -0.1) is 11.3 Å². The summed E-state index contributed by atoms with van der Waals surface area (Å²) in [4.78, 5) is 15.4. The van der Waals surface area contributed by atoms with E-state index in [2.05, 4.69) is 18.4 Å². The van der Waals surface area contributed by atoms with Gasteiger partial charge in [-0.2, -0.15) is 0 Å². The van der Waals surface area contributed by atoms with Crippen molar-refractivity contribution in [3.8, 4) is 0 Å². The average Bonchev–Trinajstić information content (AvgIpc) is 2.82. The number of carbonyl (C=O) groups is 1. The largest absolute Gasteiger partial charge is 0.444 e. The van der Waals surface area contributed by atoms with Crippen LogP contribution in [0, 0.1) is 0 Å². The second-order valence-electron chi connectivity index (χ2n) is 6.49. The molecule has 0 radical (unpaired) electrons. The monoisotopic (exact) mass is 296 g/mol. The van der Waals surface area contributed by atoms with Gasteiger partial charge in [0.15, 0.2) is 0 Å². The van der Waals surface area contributed by atoms with Crippen molar-refractivity contribution in [1.82, 2.24) is 4.90 Å². The topological polar surface area (TPSA) is 55.6 Å². The molecule has 2 N–H and O–H groups in total. The highest BCUT2D eigenvalue weighted by Gasteiger charge is 2.37. The molecule has 1 amide bonds. The van der Waals surface area contributed by atoms with Gasteiger partial charge in [-0.05, 0) is 45.6 Å². The van der Waals surface area contributed by atoms with Crippen LogP contribution in [0.3, 0.4) is 0 Å². The number of piperidine rings is 1. The molecule has 1 aromatic heterocycles. The lowest BCUT2D eigenvalue weighted by atomic mass is 9.87. The molecule has 112 valence electrons. The quantitative estimate of drug-likeness (QED) is 0.866. The fourth-order valence-corrected chi connectivity index (χ4v) is 3.59. The summed E-state index contributed by atoms with van der Waals surface area (Å²) >= 11 is 1.73. The minimum absolute atomic E-state index is 0.00539. The molecule has 0 aliphatic carbocycles. The van der Waals surface area contributed by atoms with E-state index in [0.717, 1.165) is 6.42 Å². The van der Waals surface area contributed by atoms with Crippen molar-refractivity contribution in [2.45, 2.75) is 57.7 Å². The number of amides is 1. The highest BCUT2D eigenvalue weighted by atomic mass is 32.1. The normalized spacial score (nSPS) is 27.4. The molecule has 1 saturated heterocycles. The Labute approximate surface area is 124 Å². The van der Waals surface area contributed by atoms with Gasteiger partial charge in [0.05, 0.1) is 0 Å². The van der Waals surface area contributed by atoms with Crippen LogP contribution in [0.25, 0.3) is 0 Å². The lowest BCUT2D eigenvalue weighted by molar-refractivity contribution is 0.00674. The van der Waals surface area contributed by atoms with E-state index in [1.807, 2.05) is 26.8 Å². The number of nitrogens with zero attached hydrogens (tertiary/aromatic N) is 1. The first-order chi connectivity index (χ1) is 9.28. The van der Waals surface area contributed by atoms with Gasteiger partial charge in [0.2, 0.25) is 0 Å². The molecule has 0 spiro atoms. The van der Waals surface area contributed by atoms with Crippen LogP contribution in [0.4, 0.5) is 4.79 Å². The smallest absolute Gasteiger partial charge is 0.410 e. The maximum absolute atomic E-state index is 12.3. The molecule has 3 unspecified atom stereocenters. The first-order valence-electron chi connectivity index (χ1n) is 7.06. The van der Waals surface area contributed by atoms with Gasteiger partial charge in [-0.25, -0.2) is 4.79 Å². The predicted molar refractivity (Wildman–Crippen MR) is 82.1 cm³/mol. The summed E-state index contributed by atoms with van der Waals surface area (Å²) in [6, 6.07) is 4.29. The van der Waals surface area contributed by atoms with Crippen molar-refractivity contribution in [2.75, 3.05) is 6.54 Å². The molecule has 1 fully saturated rings. The SMILES string of the molecule is CC1C(c2cccs2)CC(N)CN1C(=O)OC(C)(C)C. The summed E-state index contributed by atoms with van der Waals surface area (Å²) in [6.45, 7) is 8.31. The van der Waals surface area contributed by atoms with Crippen LogP contribution < -0.4 is 5.73 Å². The van der Waals surface area contributed by atoms with Crippen LogP contribution in [-0.4, -0.2) is 35.2 Å². The molecular weight excluding hydrogens is 272 g/mol. The van der Waals surface area contributed by atoms with Crippen molar-refractivity contribution in [2.24, 2.45) is 5.73 Å². The zero-order chi connectivity index (χ0) is 14.9. The number of ether oxygens (including phenoxy) is 1. The van der Waals surface area contributed by atoms with Crippen molar-refractivity contribution < 1.29 is 9.53 Å². The predicted octanol–water partition coefficient (Wildman–Crippen LogP) is 3.19. The third-order valence-corrected chi connectivity index (χ3v) is 4.60. The average molecular weight is 296 g/mol. The number of hydrogen-bond acceptors (Lipinski definition) is 4. The van der Waals surface area contributed by atoms with Crippen molar-refractivity contribution in [3.63, 3.8) is 0 Å². The van der Waals surface area contributed by atoms with E-state index >= 15 is 0 Å². The first kappa shape index (κ1) is 15.3. The van der Waals surface area contributed by atoms with Crippen LogP contribution in [0.15, 0.2) is 17.5 Å². The molecule has 1 aliphatic heterocycles. The van der Waals surface area contributed by atoms with E-state index < -0.39 is 5.60 Å². The Kier molecular flexibility index (Phi) is 4.39. The number of nitrogens with two attached hydrogens (primary N) is 1. The third kappa shape index (κ3) is 3.52. The Morgan fingerprint density at radius 3 is 2.75 bits per heavy atom. The molecule has 3 atom stereocenters. The maximum Gasteiger partial charge on any atom is 0.410 e. The molecule has 1 aromatic rings. The van der Waals surface area contributed by atoms with Gasteiger partial charge in [0.1, 0.15) is 5.60 Å². The van der Waals surface area contributed by atoms with Gasteiger partial charge in [0.25, 0.3) is 0 Å². The molecule has 2 rings (SSSR count). The summed E-state index contributed by atoms with van der Waals surface area (Å²) in [5.74, 6) is 0.297. The van der Waals surface area contributed by atoms with Crippen LogP contribution in [0.5, 0.6) is 0 Å². The Morgan fingerprint density at radius 1 is 1.50 bits per heavy atom. The highest BCUT2D eigenvalue weighted by molar-refractivity contribution is 7.10. The van der Waals surface area contributed by atoms with Gasteiger partial charge in [0, 0.05) is 29.4 Å². The fraction of sp³-hybridized carbons (Fsp3) is 0.667.